The van der Waals surface area contributed by atoms with E-state index >= 15 is 0 Å². The number of alkyl carbamates (subject to hydrolysis) is 1. The molecule has 3 rings (SSSR count). The van der Waals surface area contributed by atoms with E-state index in [1.807, 2.05) is 0 Å². The number of nitrogens with two attached hydrogens (primary N) is 1. The summed E-state index contributed by atoms with van der Waals surface area (Å²) >= 11 is 0. The first kappa shape index (κ1) is 26.7. The number of rotatable bonds is 13. The monoisotopic (exact) mass is 588 g/mol. The highest BCUT2D eigenvalue weighted by molar-refractivity contribution is 7.89. The van der Waals surface area contributed by atoms with Gasteiger partial charge in [-0.25, -0.2) is 17.8 Å². The molecule has 0 aliphatic carbocycles. The fourth-order valence-electron chi connectivity index (χ4n) is 4.00. The first-order valence-electron chi connectivity index (χ1n) is 13.8. The number of nitrogens with one attached hydrogen (secondary N) is 1. The Bertz CT molecular complexity index is 1390. The number of phosphoric ester groups is 1. The fraction of sp³-hybridized carbons (Fsp3) is 0.480. The highest BCUT2D eigenvalue weighted by atomic mass is 32.2. The SMILES string of the molecule is [2H]c1cc(S(=O)(=O)N(CC(C)C)C[C@@H](OP(=O)(O)O)[C@H](Cc2ccccc2)NC(=O)O[C@H]2CCOC2)c([2H])c([2H])c1N. The quantitative estimate of drug-likeness (QED) is 0.201. The zero-order valence-electron chi connectivity index (χ0n) is 24.6. The third-order valence-electron chi connectivity index (χ3n) is 5.73. The maximum absolute atomic E-state index is 13.9. The van der Waals surface area contributed by atoms with Crippen LogP contribution in [0.5, 0.6) is 0 Å². The first-order valence-corrected chi connectivity index (χ1v) is 15.2. The summed E-state index contributed by atoms with van der Waals surface area (Å²) in [6.45, 7) is 3.15. The van der Waals surface area contributed by atoms with Crippen molar-refractivity contribution in [3.8, 4) is 0 Å². The molecule has 1 heterocycles. The topological polar surface area (TPSA) is 178 Å². The van der Waals surface area contributed by atoms with Crippen LogP contribution in [0, 0.1) is 5.92 Å². The van der Waals surface area contributed by atoms with Crippen molar-refractivity contribution in [2.45, 2.75) is 49.8 Å². The summed E-state index contributed by atoms with van der Waals surface area (Å²) in [5.41, 5.74) is 5.93. The van der Waals surface area contributed by atoms with Gasteiger partial charge in [-0.15, -0.1) is 0 Å². The summed E-state index contributed by atoms with van der Waals surface area (Å²) in [5, 5.41) is 2.58. The van der Waals surface area contributed by atoms with Crippen molar-refractivity contribution in [1.29, 1.82) is 0 Å². The summed E-state index contributed by atoms with van der Waals surface area (Å²) < 4.78 is 80.6. The lowest BCUT2D eigenvalue weighted by Gasteiger charge is -2.33. The van der Waals surface area contributed by atoms with Crippen molar-refractivity contribution < 1.29 is 45.7 Å². The number of nitrogens with zero attached hydrogens (tertiary/aromatic N) is 1. The van der Waals surface area contributed by atoms with Gasteiger partial charge in [-0.2, -0.15) is 4.31 Å². The van der Waals surface area contributed by atoms with Crippen molar-refractivity contribution in [2.24, 2.45) is 5.92 Å². The molecule has 2 aromatic rings. The Labute approximate surface area is 232 Å². The highest BCUT2D eigenvalue weighted by Gasteiger charge is 2.37. The van der Waals surface area contributed by atoms with Crippen LogP contribution in [0.25, 0.3) is 0 Å². The number of ether oxygens (including phenoxy) is 2. The summed E-state index contributed by atoms with van der Waals surface area (Å²) in [6, 6.07) is 6.46. The van der Waals surface area contributed by atoms with Crippen LogP contribution in [0.15, 0.2) is 59.4 Å². The van der Waals surface area contributed by atoms with E-state index in [9.17, 15) is 27.6 Å². The highest BCUT2D eigenvalue weighted by Crippen LogP contribution is 2.39. The van der Waals surface area contributed by atoms with E-state index in [2.05, 4.69) is 5.32 Å². The fourth-order valence-corrected chi connectivity index (χ4v) is 6.07. The second kappa shape index (κ2) is 13.7. The van der Waals surface area contributed by atoms with Gasteiger partial charge in [0.25, 0.3) is 0 Å². The third kappa shape index (κ3) is 9.87. The molecule has 1 saturated heterocycles. The molecule has 216 valence electrons. The van der Waals surface area contributed by atoms with Gasteiger partial charge in [0.15, 0.2) is 0 Å². The van der Waals surface area contributed by atoms with Gasteiger partial charge in [0.2, 0.25) is 10.0 Å². The minimum atomic E-state index is -5.25. The number of carbonyl (C=O) groups excluding carboxylic acids is 1. The number of hydrogen-bond acceptors (Lipinski definition) is 8. The Morgan fingerprint density at radius 2 is 1.95 bits per heavy atom. The molecule has 39 heavy (non-hydrogen) atoms. The van der Waals surface area contributed by atoms with E-state index in [1.165, 1.54) is 0 Å². The Hall–Kier alpha value is -2.51. The van der Waals surface area contributed by atoms with Crippen LogP contribution in [0.2, 0.25) is 0 Å². The zero-order chi connectivity index (χ0) is 31.2. The van der Waals surface area contributed by atoms with Crippen LogP contribution in [0.3, 0.4) is 0 Å². The van der Waals surface area contributed by atoms with Crippen molar-refractivity contribution in [2.75, 3.05) is 32.0 Å². The Morgan fingerprint density at radius 3 is 2.56 bits per heavy atom. The molecule has 0 spiro atoms. The van der Waals surface area contributed by atoms with E-state index in [0.717, 1.165) is 10.4 Å². The minimum absolute atomic E-state index is 0.0172. The van der Waals surface area contributed by atoms with Gasteiger partial charge < -0.3 is 30.3 Å². The lowest BCUT2D eigenvalue weighted by atomic mass is 10.0. The standard InChI is InChI=1S/C25H36N3O9PS/c1-18(2)15-28(39(33,34)22-10-8-20(26)9-11-22)16-24(37-38(30,31)32)23(14-19-6-4-3-5-7-19)27-25(29)36-21-12-13-35-17-21/h3-11,18,21,23-24H,12-17,26H2,1-2H3,(H,27,29)(H2,30,31,32)/t21-,23-,24+/m0/s1/i8D,9D,10D. The van der Waals surface area contributed by atoms with E-state index in [1.54, 1.807) is 44.2 Å². The molecule has 0 aromatic heterocycles. The molecule has 12 nitrogen and oxygen atoms in total. The molecule has 5 N–H and O–H groups in total. The molecular weight excluding hydrogens is 549 g/mol. The third-order valence-corrected chi connectivity index (χ3v) is 8.03. The van der Waals surface area contributed by atoms with Gasteiger partial charge in [0.1, 0.15) is 12.2 Å². The number of carbonyl (C=O) groups is 1. The minimum Gasteiger partial charge on any atom is -0.444 e. The van der Waals surface area contributed by atoms with Crippen LogP contribution >= 0.6 is 7.82 Å². The van der Waals surface area contributed by atoms with Crippen molar-refractivity contribution in [3.05, 3.63) is 60.1 Å². The predicted octanol–water partition coefficient (Wildman–Crippen LogP) is 2.52. The molecule has 14 heteroatoms. The molecular formula is C25H36N3O9PS. The predicted molar refractivity (Wildman–Crippen MR) is 144 cm³/mol. The Morgan fingerprint density at radius 1 is 1.23 bits per heavy atom. The molecule has 2 aromatic carbocycles. The number of phosphoric acid groups is 1. The molecule has 1 amide bonds. The normalized spacial score (nSPS) is 18.8. The molecule has 0 radical (unpaired) electrons. The summed E-state index contributed by atoms with van der Waals surface area (Å²) in [6.07, 6.45) is -2.60. The smallest absolute Gasteiger partial charge is 0.444 e. The van der Waals surface area contributed by atoms with Crippen molar-refractivity contribution in [3.63, 3.8) is 0 Å². The van der Waals surface area contributed by atoms with E-state index < -0.39 is 71.8 Å². The van der Waals surface area contributed by atoms with Crippen LogP contribution in [0.4, 0.5) is 10.5 Å². The maximum Gasteiger partial charge on any atom is 0.469 e. The number of anilines is 1. The van der Waals surface area contributed by atoms with Gasteiger partial charge in [-0.1, -0.05) is 44.2 Å². The summed E-state index contributed by atoms with van der Waals surface area (Å²) in [7, 11) is -9.88. The molecule has 1 aliphatic heterocycles. The van der Waals surface area contributed by atoms with E-state index in [-0.39, 0.29) is 31.2 Å². The van der Waals surface area contributed by atoms with Crippen LogP contribution in [-0.4, -0.2) is 73.2 Å². The second-order valence-corrected chi connectivity index (χ2v) is 12.6. The molecule has 0 unspecified atom stereocenters. The van der Waals surface area contributed by atoms with Gasteiger partial charge in [-0.3, -0.25) is 4.52 Å². The van der Waals surface area contributed by atoms with E-state index in [0.29, 0.717) is 18.6 Å². The van der Waals surface area contributed by atoms with Crippen molar-refractivity contribution >= 4 is 29.6 Å². The molecule has 3 atom stereocenters. The molecule has 0 saturated carbocycles. The van der Waals surface area contributed by atoms with Crippen molar-refractivity contribution in [1.82, 2.24) is 9.62 Å². The van der Waals surface area contributed by atoms with Gasteiger partial charge in [0, 0.05) is 25.2 Å². The first-order chi connectivity index (χ1) is 19.6. The van der Waals surface area contributed by atoms with Gasteiger partial charge >= 0.3 is 13.9 Å². The number of sulfonamides is 1. The Kier molecular flexibility index (Phi) is 9.39. The van der Waals surface area contributed by atoms with Crippen LogP contribution in [0.1, 0.15) is 29.9 Å². The number of amides is 1. The van der Waals surface area contributed by atoms with Crippen LogP contribution < -0.4 is 11.1 Å². The maximum atomic E-state index is 13.9. The van der Waals surface area contributed by atoms with Crippen LogP contribution in [-0.2, 0) is 35.0 Å². The second-order valence-electron chi connectivity index (χ2n) is 9.50. The average molecular weight is 589 g/mol. The largest absolute Gasteiger partial charge is 0.469 e. The number of nitrogen functional groups attached to an aromatic ring is 1. The van der Waals surface area contributed by atoms with E-state index in [4.69, 9.17) is 23.8 Å². The average Bonchev–Trinajstić information content (AvgIpc) is 3.40. The molecule has 1 fully saturated rings. The lowest BCUT2D eigenvalue weighted by molar-refractivity contribution is 0.0601. The van der Waals surface area contributed by atoms with Gasteiger partial charge in [0.05, 0.1) is 28.3 Å². The molecule has 0 bridgehead atoms. The van der Waals surface area contributed by atoms with Gasteiger partial charge in [-0.05, 0) is 42.1 Å². The summed E-state index contributed by atoms with van der Waals surface area (Å²) in [5.74, 6) is -0.308. The zero-order valence-corrected chi connectivity index (χ0v) is 23.4. The lowest BCUT2D eigenvalue weighted by Crippen LogP contribution is -2.52. The molecule has 1 aliphatic rings. The Balaban J connectivity index is 2.04. The summed E-state index contributed by atoms with van der Waals surface area (Å²) in [4.78, 5) is 31.8. The number of hydrogen-bond donors (Lipinski definition) is 4. The number of benzene rings is 2.